The summed E-state index contributed by atoms with van der Waals surface area (Å²) in [7, 11) is 0. The first kappa shape index (κ1) is 22.6. The highest BCUT2D eigenvalue weighted by Crippen LogP contribution is 2.53. The van der Waals surface area contributed by atoms with Gasteiger partial charge in [-0.3, -0.25) is 24.6 Å². The van der Waals surface area contributed by atoms with Crippen molar-refractivity contribution in [1.29, 1.82) is 0 Å². The molecule has 4 N–H and O–H groups in total. The van der Waals surface area contributed by atoms with Gasteiger partial charge in [0.2, 0.25) is 17.7 Å². The van der Waals surface area contributed by atoms with Crippen molar-refractivity contribution in [3.8, 4) is 11.5 Å². The molecule has 0 bridgehead atoms. The van der Waals surface area contributed by atoms with Gasteiger partial charge in [0.1, 0.15) is 5.54 Å². The molecule has 3 aliphatic heterocycles. The monoisotopic (exact) mass is 503 g/mol. The number of anilines is 1. The van der Waals surface area contributed by atoms with Crippen LogP contribution in [0.15, 0.2) is 66.7 Å². The molecule has 3 amide bonds. The number of rotatable bonds is 4. The molecule has 9 heteroatoms. The highest BCUT2D eigenvalue weighted by atomic mass is 35.5. The minimum absolute atomic E-state index is 0.0103. The van der Waals surface area contributed by atoms with Crippen LogP contribution in [0.5, 0.6) is 11.5 Å². The van der Waals surface area contributed by atoms with E-state index in [-0.39, 0.29) is 36.3 Å². The van der Waals surface area contributed by atoms with Crippen molar-refractivity contribution in [3.05, 3.63) is 88.4 Å². The highest BCUT2D eigenvalue weighted by molar-refractivity contribution is 6.31. The predicted molar refractivity (Wildman–Crippen MR) is 131 cm³/mol. The Hall–Kier alpha value is -3.88. The van der Waals surface area contributed by atoms with Crippen molar-refractivity contribution in [2.45, 2.75) is 24.5 Å². The second-order valence-electron chi connectivity index (χ2n) is 9.44. The summed E-state index contributed by atoms with van der Waals surface area (Å²) in [5.41, 5.74) is 1.10. The number of hydrogen-bond acceptors (Lipinski definition) is 6. The number of phenols is 2. The zero-order valence-corrected chi connectivity index (χ0v) is 19.7. The normalized spacial score (nSPS) is 26.4. The van der Waals surface area contributed by atoms with Gasteiger partial charge in [-0.1, -0.05) is 54.1 Å². The summed E-state index contributed by atoms with van der Waals surface area (Å²) < 4.78 is 0. The summed E-state index contributed by atoms with van der Waals surface area (Å²) >= 11 is 6.32. The van der Waals surface area contributed by atoms with E-state index in [1.54, 1.807) is 54.6 Å². The molecule has 4 unspecified atom stereocenters. The number of nitrogens with zero attached hydrogens (tertiary/aromatic N) is 1. The molecular formula is C27H22ClN3O5. The number of aromatic hydroxyl groups is 2. The lowest BCUT2D eigenvalue weighted by molar-refractivity contribution is -0.143. The van der Waals surface area contributed by atoms with Crippen molar-refractivity contribution < 1.29 is 24.6 Å². The van der Waals surface area contributed by atoms with Gasteiger partial charge in [0.15, 0.2) is 11.5 Å². The molecular weight excluding hydrogens is 482 g/mol. The lowest BCUT2D eigenvalue weighted by atomic mass is 9.76. The number of imide groups is 1. The van der Waals surface area contributed by atoms with Gasteiger partial charge in [-0.05, 0) is 41.8 Å². The van der Waals surface area contributed by atoms with Crippen molar-refractivity contribution in [2.75, 3.05) is 5.32 Å². The molecule has 1 spiro atoms. The van der Waals surface area contributed by atoms with Gasteiger partial charge in [0.05, 0.1) is 18.4 Å². The fourth-order valence-corrected chi connectivity index (χ4v) is 6.09. The summed E-state index contributed by atoms with van der Waals surface area (Å²) in [6, 6.07) is 18.0. The molecule has 182 valence electrons. The van der Waals surface area contributed by atoms with Crippen LogP contribution in [0.4, 0.5) is 5.69 Å². The minimum atomic E-state index is -1.41. The van der Waals surface area contributed by atoms with Crippen LogP contribution in [-0.4, -0.2) is 38.9 Å². The molecule has 8 nitrogen and oxygen atoms in total. The second kappa shape index (κ2) is 8.08. The van der Waals surface area contributed by atoms with Crippen molar-refractivity contribution in [3.63, 3.8) is 0 Å². The average Bonchev–Trinajstić information content (AvgIpc) is 3.43. The van der Waals surface area contributed by atoms with Gasteiger partial charge in [-0.25, -0.2) is 0 Å². The van der Waals surface area contributed by atoms with Crippen LogP contribution in [0.25, 0.3) is 0 Å². The molecule has 0 radical (unpaired) electrons. The molecule has 0 aliphatic carbocycles. The average molecular weight is 504 g/mol. The van der Waals surface area contributed by atoms with Crippen LogP contribution in [0, 0.1) is 11.8 Å². The maximum Gasteiger partial charge on any atom is 0.250 e. The third-order valence-corrected chi connectivity index (χ3v) is 7.86. The van der Waals surface area contributed by atoms with E-state index in [2.05, 4.69) is 10.6 Å². The van der Waals surface area contributed by atoms with Crippen LogP contribution in [0.3, 0.4) is 0 Å². The van der Waals surface area contributed by atoms with Crippen LogP contribution in [-0.2, 0) is 32.9 Å². The van der Waals surface area contributed by atoms with Gasteiger partial charge in [-0.15, -0.1) is 0 Å². The Kier molecular flexibility index (Phi) is 5.07. The largest absolute Gasteiger partial charge is 0.504 e. The fraction of sp³-hybridized carbons (Fsp3) is 0.222. The highest BCUT2D eigenvalue weighted by Gasteiger charge is 2.70. The molecule has 3 aliphatic rings. The van der Waals surface area contributed by atoms with E-state index in [0.29, 0.717) is 27.4 Å². The fourth-order valence-electron chi connectivity index (χ4n) is 5.90. The number of likely N-dealkylation sites (tertiary alicyclic amines) is 1. The van der Waals surface area contributed by atoms with Gasteiger partial charge in [0.25, 0.3) is 0 Å². The van der Waals surface area contributed by atoms with Crippen LogP contribution < -0.4 is 10.6 Å². The molecule has 6 rings (SSSR count). The number of nitrogens with one attached hydrogen (secondary N) is 2. The van der Waals surface area contributed by atoms with Crippen molar-refractivity contribution in [1.82, 2.24) is 10.2 Å². The number of carbonyl (C=O) groups excluding carboxylic acids is 3. The van der Waals surface area contributed by atoms with Crippen molar-refractivity contribution in [2.24, 2.45) is 11.8 Å². The number of carbonyl (C=O) groups is 3. The lowest BCUT2D eigenvalue weighted by Crippen LogP contribution is -2.53. The zero-order valence-electron chi connectivity index (χ0n) is 18.9. The standard InChI is InChI=1S/C27H22ClN3O5/c28-17-7-3-1-5-15(17)13-31-24(34)22-19(11-14-9-10-20(32)21(33)12-14)30-27(23(22)25(31)35)16-6-2-4-8-18(16)29-26(27)36/h1-10,12,19,22-23,30,32-33H,11,13H2,(H,29,36). The summed E-state index contributed by atoms with van der Waals surface area (Å²) in [6.45, 7) is 0.0103. The molecule has 3 aromatic rings. The van der Waals surface area contributed by atoms with Gasteiger partial charge >= 0.3 is 0 Å². The van der Waals surface area contributed by atoms with E-state index >= 15 is 0 Å². The molecule has 3 aromatic carbocycles. The summed E-state index contributed by atoms with van der Waals surface area (Å²) in [4.78, 5) is 42.4. The van der Waals surface area contributed by atoms with E-state index in [1.165, 1.54) is 17.0 Å². The number of benzene rings is 3. The third kappa shape index (κ3) is 3.14. The van der Waals surface area contributed by atoms with Crippen LogP contribution in [0.1, 0.15) is 16.7 Å². The van der Waals surface area contributed by atoms with E-state index in [4.69, 9.17) is 11.6 Å². The van der Waals surface area contributed by atoms with Crippen molar-refractivity contribution >= 4 is 35.0 Å². The number of amides is 3. The Morgan fingerprint density at radius 1 is 0.917 bits per heavy atom. The quantitative estimate of drug-likeness (QED) is 0.321. The zero-order chi connectivity index (χ0) is 25.2. The second-order valence-corrected chi connectivity index (χ2v) is 9.85. The van der Waals surface area contributed by atoms with Crippen LogP contribution in [0.2, 0.25) is 5.02 Å². The van der Waals surface area contributed by atoms with E-state index in [9.17, 15) is 24.6 Å². The number of halogens is 1. The predicted octanol–water partition coefficient (Wildman–Crippen LogP) is 2.91. The first-order valence-corrected chi connectivity index (χ1v) is 12.0. The van der Waals surface area contributed by atoms with E-state index < -0.39 is 29.3 Å². The van der Waals surface area contributed by atoms with Crippen LogP contribution >= 0.6 is 11.6 Å². The van der Waals surface area contributed by atoms with Gasteiger partial charge in [-0.2, -0.15) is 0 Å². The molecule has 36 heavy (non-hydrogen) atoms. The SMILES string of the molecule is O=C1C2C(Cc3ccc(O)c(O)c3)NC3(C(=O)Nc4ccccc43)C2C(=O)N1Cc1ccccc1Cl. The Bertz CT molecular complexity index is 1440. The molecule has 4 atom stereocenters. The summed E-state index contributed by atoms with van der Waals surface area (Å²) in [5.74, 6) is -3.49. The Balaban J connectivity index is 1.44. The number of para-hydroxylation sites is 1. The number of fused-ring (bicyclic) bond motifs is 4. The van der Waals surface area contributed by atoms with Gasteiger partial charge < -0.3 is 15.5 Å². The van der Waals surface area contributed by atoms with Gasteiger partial charge in [0, 0.05) is 22.3 Å². The smallest absolute Gasteiger partial charge is 0.250 e. The third-order valence-electron chi connectivity index (χ3n) is 7.50. The molecule has 3 heterocycles. The molecule has 0 saturated carbocycles. The first-order chi connectivity index (χ1) is 17.3. The lowest BCUT2D eigenvalue weighted by Gasteiger charge is -2.29. The number of phenolic OH excluding ortho intramolecular Hbond substituents is 2. The summed E-state index contributed by atoms with van der Waals surface area (Å²) in [6.07, 6.45) is 0.255. The molecule has 2 saturated heterocycles. The first-order valence-electron chi connectivity index (χ1n) is 11.6. The molecule has 0 aromatic heterocycles. The Morgan fingerprint density at radius 2 is 1.67 bits per heavy atom. The topological polar surface area (TPSA) is 119 Å². The number of hydrogen-bond donors (Lipinski definition) is 4. The van der Waals surface area contributed by atoms with E-state index in [1.807, 2.05) is 0 Å². The maximum absolute atomic E-state index is 13.9. The Morgan fingerprint density at radius 3 is 2.44 bits per heavy atom. The minimum Gasteiger partial charge on any atom is -0.504 e. The summed E-state index contributed by atoms with van der Waals surface area (Å²) in [5, 5.41) is 26.4. The maximum atomic E-state index is 13.9. The molecule has 2 fully saturated rings. The Labute approximate surface area is 211 Å². The van der Waals surface area contributed by atoms with E-state index in [0.717, 1.165) is 0 Å².